The third kappa shape index (κ3) is 2.35. The summed E-state index contributed by atoms with van der Waals surface area (Å²) < 4.78 is 1.87. The number of nitrogens with zero attached hydrogens (tertiary/aromatic N) is 1. The normalized spacial score (nSPS) is 16.2. The summed E-state index contributed by atoms with van der Waals surface area (Å²) in [5.41, 5.74) is 3.92. The Morgan fingerprint density at radius 1 is 1.05 bits per heavy atom. The van der Waals surface area contributed by atoms with Crippen molar-refractivity contribution in [2.45, 2.75) is 18.8 Å². The van der Waals surface area contributed by atoms with Crippen LogP contribution in [0.4, 0.5) is 0 Å². The van der Waals surface area contributed by atoms with E-state index in [4.69, 9.17) is 0 Å². The van der Waals surface area contributed by atoms with Crippen molar-refractivity contribution in [2.24, 2.45) is 0 Å². The van der Waals surface area contributed by atoms with Crippen LogP contribution in [0.5, 0.6) is 0 Å². The van der Waals surface area contributed by atoms with Gasteiger partial charge < -0.3 is 14.7 Å². The van der Waals surface area contributed by atoms with E-state index in [1.54, 1.807) is 0 Å². The summed E-state index contributed by atoms with van der Waals surface area (Å²) in [6.45, 7) is 2.20. The van der Waals surface area contributed by atoms with Crippen LogP contribution in [0.25, 0.3) is 16.8 Å². The van der Waals surface area contributed by atoms with Gasteiger partial charge in [-0.05, 0) is 55.1 Å². The number of nitrogens with one attached hydrogen (secondary N) is 2. The van der Waals surface area contributed by atoms with Crippen LogP contribution in [0, 0.1) is 0 Å². The molecule has 3 heterocycles. The van der Waals surface area contributed by atoms with Crippen molar-refractivity contribution in [2.75, 3.05) is 13.1 Å². The van der Waals surface area contributed by atoms with Gasteiger partial charge in [0.05, 0.1) is 5.69 Å². The molecule has 3 aromatic rings. The summed E-state index contributed by atoms with van der Waals surface area (Å²) in [6, 6.07) is 12.3. The van der Waals surface area contributed by atoms with Crippen molar-refractivity contribution in [3.8, 4) is 11.3 Å². The standard InChI is InChI=1S/C18H19N3O/c22-18-17-2-1-11-21(17)12-16(20-18)15-5-3-13(4-6-15)14-7-9-19-10-8-14/h1-6,11-12,14,19H,7-10H2,(H,20,22). The average Bonchev–Trinajstić information content (AvgIpc) is 3.05. The number of H-pyrrole nitrogens is 1. The molecule has 4 heteroatoms. The molecule has 4 rings (SSSR count). The number of aromatic nitrogens is 2. The van der Waals surface area contributed by atoms with Gasteiger partial charge in [-0.2, -0.15) is 0 Å². The monoisotopic (exact) mass is 293 g/mol. The number of fused-ring (bicyclic) bond motifs is 1. The lowest BCUT2D eigenvalue weighted by molar-refractivity contribution is 0.460. The fraction of sp³-hybridized carbons (Fsp3) is 0.278. The number of hydrogen-bond donors (Lipinski definition) is 2. The number of aromatic amines is 1. The first-order valence-electron chi connectivity index (χ1n) is 7.82. The van der Waals surface area contributed by atoms with Crippen LogP contribution < -0.4 is 10.9 Å². The second-order valence-corrected chi connectivity index (χ2v) is 5.94. The van der Waals surface area contributed by atoms with E-state index in [0.717, 1.165) is 24.3 Å². The molecular weight excluding hydrogens is 274 g/mol. The predicted octanol–water partition coefficient (Wildman–Crippen LogP) is 2.76. The van der Waals surface area contributed by atoms with Gasteiger partial charge in [0.1, 0.15) is 5.52 Å². The molecule has 0 radical (unpaired) electrons. The quantitative estimate of drug-likeness (QED) is 0.763. The summed E-state index contributed by atoms with van der Waals surface area (Å²) in [7, 11) is 0. The molecule has 2 aromatic heterocycles. The molecule has 0 saturated carbocycles. The zero-order valence-corrected chi connectivity index (χ0v) is 12.4. The number of piperidine rings is 1. The summed E-state index contributed by atoms with van der Waals surface area (Å²) in [6.07, 6.45) is 6.27. The smallest absolute Gasteiger partial charge is 0.272 e. The zero-order chi connectivity index (χ0) is 14.9. The Labute approximate surface area is 128 Å². The molecule has 1 saturated heterocycles. The molecule has 1 fully saturated rings. The van der Waals surface area contributed by atoms with Crippen LogP contribution in [-0.4, -0.2) is 22.5 Å². The summed E-state index contributed by atoms with van der Waals surface area (Å²) >= 11 is 0. The second kappa shape index (κ2) is 5.46. The third-order valence-corrected chi connectivity index (χ3v) is 4.56. The highest BCUT2D eigenvalue weighted by atomic mass is 16.1. The molecule has 22 heavy (non-hydrogen) atoms. The molecule has 112 valence electrons. The highest BCUT2D eigenvalue weighted by molar-refractivity contribution is 5.61. The molecular formula is C18H19N3O. The summed E-state index contributed by atoms with van der Waals surface area (Å²) in [5, 5.41) is 3.40. The van der Waals surface area contributed by atoms with Gasteiger partial charge in [-0.1, -0.05) is 24.3 Å². The molecule has 0 spiro atoms. The van der Waals surface area contributed by atoms with E-state index in [2.05, 4.69) is 34.6 Å². The highest BCUT2D eigenvalue weighted by Crippen LogP contribution is 2.27. The Morgan fingerprint density at radius 3 is 2.59 bits per heavy atom. The van der Waals surface area contributed by atoms with Crippen molar-refractivity contribution >= 4 is 5.52 Å². The highest BCUT2D eigenvalue weighted by Gasteiger charge is 2.15. The fourth-order valence-electron chi connectivity index (χ4n) is 3.29. The van der Waals surface area contributed by atoms with Gasteiger partial charge in [0.2, 0.25) is 0 Å². The maximum absolute atomic E-state index is 12.1. The molecule has 0 atom stereocenters. The molecule has 1 aliphatic heterocycles. The van der Waals surface area contributed by atoms with Gasteiger partial charge in [-0.25, -0.2) is 0 Å². The van der Waals surface area contributed by atoms with Gasteiger partial charge in [0.25, 0.3) is 5.56 Å². The fourth-order valence-corrected chi connectivity index (χ4v) is 3.29. The van der Waals surface area contributed by atoms with E-state index in [9.17, 15) is 4.79 Å². The van der Waals surface area contributed by atoms with Crippen LogP contribution in [-0.2, 0) is 0 Å². The average molecular weight is 293 g/mol. The Hall–Kier alpha value is -2.33. The van der Waals surface area contributed by atoms with Crippen LogP contribution in [0.15, 0.2) is 53.6 Å². The Kier molecular flexibility index (Phi) is 3.31. The van der Waals surface area contributed by atoms with E-state index < -0.39 is 0 Å². The van der Waals surface area contributed by atoms with Gasteiger partial charge >= 0.3 is 0 Å². The molecule has 0 aliphatic carbocycles. The molecule has 2 N–H and O–H groups in total. The molecule has 0 unspecified atom stereocenters. The molecule has 0 bridgehead atoms. The van der Waals surface area contributed by atoms with Crippen LogP contribution >= 0.6 is 0 Å². The number of rotatable bonds is 2. The maximum atomic E-state index is 12.1. The lowest BCUT2D eigenvalue weighted by atomic mass is 9.89. The SMILES string of the molecule is O=c1[nH]c(-c2ccc(C3CCNCC3)cc2)cn2cccc12. The zero-order valence-electron chi connectivity index (χ0n) is 12.4. The first-order chi connectivity index (χ1) is 10.8. The van der Waals surface area contributed by atoms with E-state index in [0.29, 0.717) is 11.4 Å². The first-order valence-corrected chi connectivity index (χ1v) is 7.82. The van der Waals surface area contributed by atoms with Crippen LogP contribution in [0.3, 0.4) is 0 Å². The van der Waals surface area contributed by atoms with Crippen molar-refractivity contribution in [3.63, 3.8) is 0 Å². The maximum Gasteiger partial charge on any atom is 0.272 e. The molecule has 1 aliphatic rings. The van der Waals surface area contributed by atoms with E-state index >= 15 is 0 Å². The summed E-state index contributed by atoms with van der Waals surface area (Å²) in [4.78, 5) is 15.0. The van der Waals surface area contributed by atoms with E-state index in [1.807, 2.05) is 28.9 Å². The lowest BCUT2D eigenvalue weighted by Crippen LogP contribution is -2.26. The minimum atomic E-state index is -0.0510. The van der Waals surface area contributed by atoms with Crippen molar-refractivity contribution in [1.82, 2.24) is 14.7 Å². The molecule has 1 aromatic carbocycles. The topological polar surface area (TPSA) is 49.3 Å². The lowest BCUT2D eigenvalue weighted by Gasteiger charge is -2.23. The molecule has 4 nitrogen and oxygen atoms in total. The minimum absolute atomic E-state index is 0.0510. The van der Waals surface area contributed by atoms with Crippen molar-refractivity contribution in [1.29, 1.82) is 0 Å². The number of benzene rings is 1. The number of hydrogen-bond acceptors (Lipinski definition) is 2. The van der Waals surface area contributed by atoms with Crippen molar-refractivity contribution in [3.05, 3.63) is 64.7 Å². The first kappa shape index (κ1) is 13.3. The van der Waals surface area contributed by atoms with E-state index in [1.165, 1.54) is 18.4 Å². The largest absolute Gasteiger partial charge is 0.319 e. The summed E-state index contributed by atoms with van der Waals surface area (Å²) in [5.74, 6) is 0.654. The van der Waals surface area contributed by atoms with Crippen LogP contribution in [0.1, 0.15) is 24.3 Å². The molecule has 0 amide bonds. The van der Waals surface area contributed by atoms with Crippen LogP contribution in [0.2, 0.25) is 0 Å². The Morgan fingerprint density at radius 2 is 1.82 bits per heavy atom. The third-order valence-electron chi connectivity index (χ3n) is 4.56. The predicted molar refractivity (Wildman–Crippen MR) is 88.3 cm³/mol. The Bertz CT molecular complexity index is 839. The van der Waals surface area contributed by atoms with Gasteiger partial charge in [-0.15, -0.1) is 0 Å². The van der Waals surface area contributed by atoms with Gasteiger partial charge in [0.15, 0.2) is 0 Å². The van der Waals surface area contributed by atoms with Crippen molar-refractivity contribution < 1.29 is 0 Å². The second-order valence-electron chi connectivity index (χ2n) is 5.94. The Balaban J connectivity index is 1.68. The van der Waals surface area contributed by atoms with Gasteiger partial charge in [-0.3, -0.25) is 4.79 Å². The van der Waals surface area contributed by atoms with E-state index in [-0.39, 0.29) is 5.56 Å². The van der Waals surface area contributed by atoms with Gasteiger partial charge in [0, 0.05) is 12.4 Å². The minimum Gasteiger partial charge on any atom is -0.319 e.